The maximum absolute atomic E-state index is 12.6. The predicted molar refractivity (Wildman–Crippen MR) is 102 cm³/mol. The smallest absolute Gasteiger partial charge is 0.267 e. The van der Waals surface area contributed by atoms with Crippen LogP contribution in [0.2, 0.25) is 0 Å². The van der Waals surface area contributed by atoms with E-state index in [1.54, 1.807) is 18.2 Å². The number of aryl methyl sites for hydroxylation is 3. The highest BCUT2D eigenvalue weighted by Gasteiger charge is 2.14. The standard InChI is InChI=1S/C21H21N3O2/c1-4-15-6-8-16(9-7-15)20(25)23-24-21(26)18-12-14(3)22-19-10-5-13(2)11-17(18)19/h5-12H,4H2,1-3H3,(H,23,25)(H,24,26). The molecular weight excluding hydrogens is 326 g/mol. The minimum absolute atomic E-state index is 0.354. The van der Waals surface area contributed by atoms with Gasteiger partial charge in [-0.1, -0.05) is 30.7 Å². The highest BCUT2D eigenvalue weighted by molar-refractivity contribution is 6.07. The van der Waals surface area contributed by atoms with E-state index in [0.717, 1.165) is 34.1 Å². The number of carbonyl (C=O) groups excluding carboxylic acids is 2. The quantitative estimate of drug-likeness (QED) is 0.713. The Morgan fingerprint density at radius 3 is 2.31 bits per heavy atom. The van der Waals surface area contributed by atoms with Crippen molar-refractivity contribution in [2.45, 2.75) is 27.2 Å². The minimum Gasteiger partial charge on any atom is -0.267 e. The lowest BCUT2D eigenvalue weighted by atomic mass is 10.0. The molecule has 0 unspecified atom stereocenters. The third kappa shape index (κ3) is 3.72. The number of hydrogen-bond acceptors (Lipinski definition) is 3. The summed E-state index contributed by atoms with van der Waals surface area (Å²) >= 11 is 0. The van der Waals surface area contributed by atoms with E-state index in [1.165, 1.54) is 0 Å². The maximum Gasteiger partial charge on any atom is 0.270 e. The maximum atomic E-state index is 12.6. The van der Waals surface area contributed by atoms with Crippen LogP contribution in [0.1, 0.15) is 44.5 Å². The largest absolute Gasteiger partial charge is 0.270 e. The van der Waals surface area contributed by atoms with Gasteiger partial charge in [-0.05, 0) is 56.2 Å². The van der Waals surface area contributed by atoms with Gasteiger partial charge in [0.1, 0.15) is 0 Å². The number of aromatic nitrogens is 1. The number of amides is 2. The highest BCUT2D eigenvalue weighted by atomic mass is 16.2. The molecule has 0 aliphatic heterocycles. The second kappa shape index (κ2) is 7.35. The SMILES string of the molecule is CCc1ccc(C(=O)NNC(=O)c2cc(C)nc3ccc(C)cc23)cc1. The molecule has 132 valence electrons. The van der Waals surface area contributed by atoms with Crippen molar-refractivity contribution in [3.05, 3.63) is 76.5 Å². The van der Waals surface area contributed by atoms with Crippen LogP contribution in [0.25, 0.3) is 10.9 Å². The average Bonchev–Trinajstić information content (AvgIpc) is 2.65. The fraction of sp³-hybridized carbons (Fsp3) is 0.190. The van der Waals surface area contributed by atoms with E-state index < -0.39 is 0 Å². The summed E-state index contributed by atoms with van der Waals surface area (Å²) in [5.41, 5.74) is 9.64. The second-order valence-electron chi connectivity index (χ2n) is 6.29. The Balaban J connectivity index is 1.78. The van der Waals surface area contributed by atoms with Crippen LogP contribution in [0.3, 0.4) is 0 Å². The van der Waals surface area contributed by atoms with Crippen LogP contribution in [0.4, 0.5) is 0 Å². The molecule has 26 heavy (non-hydrogen) atoms. The summed E-state index contributed by atoms with van der Waals surface area (Å²) in [4.78, 5) is 29.3. The van der Waals surface area contributed by atoms with Crippen molar-refractivity contribution in [1.29, 1.82) is 0 Å². The predicted octanol–water partition coefficient (Wildman–Crippen LogP) is 3.49. The van der Waals surface area contributed by atoms with Crippen molar-refractivity contribution in [3.63, 3.8) is 0 Å². The number of carbonyl (C=O) groups is 2. The molecule has 0 spiro atoms. The molecule has 1 heterocycles. The van der Waals surface area contributed by atoms with E-state index in [9.17, 15) is 9.59 Å². The Kier molecular flexibility index (Phi) is 4.98. The first-order valence-electron chi connectivity index (χ1n) is 8.55. The number of hydrazine groups is 1. The summed E-state index contributed by atoms with van der Waals surface area (Å²) < 4.78 is 0. The van der Waals surface area contributed by atoms with Gasteiger partial charge >= 0.3 is 0 Å². The fourth-order valence-corrected chi connectivity index (χ4v) is 2.80. The molecule has 0 saturated heterocycles. The molecule has 3 rings (SSSR count). The lowest BCUT2D eigenvalue weighted by Gasteiger charge is -2.11. The fourth-order valence-electron chi connectivity index (χ4n) is 2.80. The molecule has 0 bridgehead atoms. The first kappa shape index (κ1) is 17.6. The summed E-state index contributed by atoms with van der Waals surface area (Å²) in [5, 5.41) is 0.759. The van der Waals surface area contributed by atoms with Crippen LogP contribution >= 0.6 is 0 Å². The summed E-state index contributed by atoms with van der Waals surface area (Å²) in [7, 11) is 0. The van der Waals surface area contributed by atoms with Gasteiger partial charge in [0.15, 0.2) is 0 Å². The Morgan fingerprint density at radius 1 is 0.923 bits per heavy atom. The van der Waals surface area contributed by atoms with Gasteiger partial charge in [0.25, 0.3) is 11.8 Å². The first-order valence-corrected chi connectivity index (χ1v) is 8.55. The van der Waals surface area contributed by atoms with Crippen LogP contribution in [-0.4, -0.2) is 16.8 Å². The molecular formula is C21H21N3O2. The monoisotopic (exact) mass is 347 g/mol. The zero-order valence-corrected chi connectivity index (χ0v) is 15.1. The third-order valence-electron chi connectivity index (χ3n) is 4.25. The Bertz CT molecular complexity index is 978. The number of hydrogen-bond donors (Lipinski definition) is 2. The number of benzene rings is 2. The van der Waals surface area contributed by atoms with E-state index >= 15 is 0 Å². The van der Waals surface area contributed by atoms with Crippen LogP contribution in [0.5, 0.6) is 0 Å². The highest BCUT2D eigenvalue weighted by Crippen LogP contribution is 2.20. The summed E-state index contributed by atoms with van der Waals surface area (Å²) in [6.07, 6.45) is 0.909. The molecule has 5 nitrogen and oxygen atoms in total. The molecule has 0 aliphatic carbocycles. The molecule has 0 fully saturated rings. The molecule has 1 aromatic heterocycles. The van der Waals surface area contributed by atoms with Gasteiger partial charge in [-0.3, -0.25) is 25.4 Å². The number of nitrogens with zero attached hydrogens (tertiary/aromatic N) is 1. The van der Waals surface area contributed by atoms with E-state index in [4.69, 9.17) is 0 Å². The van der Waals surface area contributed by atoms with Crippen molar-refractivity contribution in [2.24, 2.45) is 0 Å². The van der Waals surface area contributed by atoms with Gasteiger partial charge in [0.2, 0.25) is 0 Å². The Hall–Kier alpha value is -3.21. The van der Waals surface area contributed by atoms with Gasteiger partial charge in [-0.15, -0.1) is 0 Å². The lowest BCUT2D eigenvalue weighted by molar-refractivity contribution is 0.0847. The zero-order valence-electron chi connectivity index (χ0n) is 15.1. The van der Waals surface area contributed by atoms with E-state index in [0.29, 0.717) is 11.1 Å². The van der Waals surface area contributed by atoms with Gasteiger partial charge in [-0.2, -0.15) is 0 Å². The van der Waals surface area contributed by atoms with Gasteiger partial charge in [-0.25, -0.2) is 0 Å². The molecule has 0 saturated carbocycles. The Labute approximate surface area is 152 Å². The zero-order chi connectivity index (χ0) is 18.7. The van der Waals surface area contributed by atoms with E-state index in [2.05, 4.69) is 22.8 Å². The molecule has 5 heteroatoms. The van der Waals surface area contributed by atoms with Crippen LogP contribution in [0, 0.1) is 13.8 Å². The summed E-state index contributed by atoms with van der Waals surface area (Å²) in [6, 6.07) is 14.8. The van der Waals surface area contributed by atoms with Crippen molar-refractivity contribution in [3.8, 4) is 0 Å². The third-order valence-corrected chi connectivity index (χ3v) is 4.25. The van der Waals surface area contributed by atoms with Gasteiger partial charge in [0, 0.05) is 16.6 Å². The average molecular weight is 347 g/mol. The summed E-state index contributed by atoms with van der Waals surface area (Å²) in [6.45, 7) is 5.85. The molecule has 2 N–H and O–H groups in total. The second-order valence-corrected chi connectivity index (χ2v) is 6.29. The number of pyridine rings is 1. The van der Waals surface area contributed by atoms with Crippen molar-refractivity contribution >= 4 is 22.7 Å². The van der Waals surface area contributed by atoms with Crippen molar-refractivity contribution in [2.75, 3.05) is 0 Å². The molecule has 0 atom stereocenters. The lowest BCUT2D eigenvalue weighted by Crippen LogP contribution is -2.41. The van der Waals surface area contributed by atoms with Crippen LogP contribution < -0.4 is 10.9 Å². The number of rotatable bonds is 3. The normalized spacial score (nSPS) is 10.6. The summed E-state index contributed by atoms with van der Waals surface area (Å²) in [5.74, 6) is -0.725. The van der Waals surface area contributed by atoms with Gasteiger partial charge in [0.05, 0.1) is 11.1 Å². The topological polar surface area (TPSA) is 71.1 Å². The van der Waals surface area contributed by atoms with Crippen LogP contribution in [0.15, 0.2) is 48.5 Å². The van der Waals surface area contributed by atoms with Gasteiger partial charge < -0.3 is 0 Å². The van der Waals surface area contributed by atoms with Crippen molar-refractivity contribution < 1.29 is 9.59 Å². The first-order chi connectivity index (χ1) is 12.5. The number of fused-ring (bicyclic) bond motifs is 1. The number of nitrogens with one attached hydrogen (secondary N) is 2. The minimum atomic E-state index is -0.371. The molecule has 2 aromatic carbocycles. The Morgan fingerprint density at radius 2 is 1.62 bits per heavy atom. The molecule has 0 aliphatic rings. The molecule has 3 aromatic rings. The molecule has 0 radical (unpaired) electrons. The van der Waals surface area contributed by atoms with Crippen LogP contribution in [-0.2, 0) is 6.42 Å². The van der Waals surface area contributed by atoms with E-state index in [-0.39, 0.29) is 11.8 Å². The molecule has 2 amide bonds. The van der Waals surface area contributed by atoms with Crippen molar-refractivity contribution in [1.82, 2.24) is 15.8 Å². The van der Waals surface area contributed by atoms with E-state index in [1.807, 2.05) is 44.2 Å².